The summed E-state index contributed by atoms with van der Waals surface area (Å²) in [6.45, 7) is 4.10. The third-order valence-corrected chi connectivity index (χ3v) is 7.92. The second kappa shape index (κ2) is 10.9. The molecule has 2 aliphatic heterocycles. The number of fused-ring (bicyclic) bond motifs is 4. The van der Waals surface area contributed by atoms with Gasteiger partial charge < -0.3 is 24.4 Å². The van der Waals surface area contributed by atoms with Crippen molar-refractivity contribution in [1.82, 2.24) is 9.78 Å². The van der Waals surface area contributed by atoms with E-state index in [2.05, 4.69) is 35.3 Å². The summed E-state index contributed by atoms with van der Waals surface area (Å²) in [6.07, 6.45) is 0. The fourth-order valence-electron chi connectivity index (χ4n) is 5.98. The third kappa shape index (κ3) is 4.44. The maximum atomic E-state index is 5.81. The zero-order chi connectivity index (χ0) is 30.4. The van der Waals surface area contributed by atoms with E-state index in [1.807, 2.05) is 84.4 Å². The normalized spacial score (nSPS) is 14.9. The number of aryl methyl sites for hydroxylation is 2. The lowest BCUT2D eigenvalue weighted by Gasteiger charge is -2.40. The zero-order valence-electron chi connectivity index (χ0n) is 25.2. The summed E-state index contributed by atoms with van der Waals surface area (Å²) in [5.74, 6) is 3.71. The van der Waals surface area contributed by atoms with Gasteiger partial charge in [0.25, 0.3) is 0 Å². The molecule has 0 fully saturated rings. The van der Waals surface area contributed by atoms with Crippen LogP contribution in [0.2, 0.25) is 0 Å². The smallest absolute Gasteiger partial charge is 0.203 e. The lowest BCUT2D eigenvalue weighted by molar-refractivity contribution is 0.323. The van der Waals surface area contributed by atoms with Crippen LogP contribution in [-0.4, -0.2) is 42.8 Å². The van der Waals surface area contributed by atoms with Crippen molar-refractivity contribution >= 4 is 34.6 Å². The molecule has 0 aliphatic carbocycles. The first-order valence-corrected chi connectivity index (χ1v) is 14.3. The second-order valence-electron chi connectivity index (χ2n) is 10.7. The summed E-state index contributed by atoms with van der Waals surface area (Å²) in [4.78, 5) is 12.6. The Labute approximate surface area is 256 Å². The van der Waals surface area contributed by atoms with Crippen LogP contribution >= 0.6 is 0 Å². The van der Waals surface area contributed by atoms with E-state index in [1.165, 1.54) is 0 Å². The summed E-state index contributed by atoms with van der Waals surface area (Å²) in [5, 5.41) is 8.60. The van der Waals surface area contributed by atoms with Gasteiger partial charge >= 0.3 is 0 Å². The highest BCUT2D eigenvalue weighted by Crippen LogP contribution is 2.50. The van der Waals surface area contributed by atoms with E-state index in [1.54, 1.807) is 21.3 Å². The van der Waals surface area contributed by atoms with E-state index in [0.29, 0.717) is 28.9 Å². The van der Waals surface area contributed by atoms with Crippen molar-refractivity contribution in [2.75, 3.05) is 31.5 Å². The summed E-state index contributed by atoms with van der Waals surface area (Å²) in [6, 6.07) is 30.0. The van der Waals surface area contributed by atoms with Gasteiger partial charge in [-0.1, -0.05) is 42.5 Å². The van der Waals surface area contributed by atoms with E-state index < -0.39 is 0 Å². The van der Waals surface area contributed by atoms with Crippen LogP contribution in [0.3, 0.4) is 0 Å². The minimum absolute atomic E-state index is 0.352. The average Bonchev–Trinajstić information content (AvgIpc) is 3.39. The van der Waals surface area contributed by atoms with Crippen molar-refractivity contribution in [2.24, 2.45) is 9.98 Å². The van der Waals surface area contributed by atoms with Crippen molar-refractivity contribution in [3.63, 3.8) is 0 Å². The minimum atomic E-state index is -0.352. The fraction of sp³-hybridized carbons (Fsp3) is 0.171. The standard InChI is InChI=1S/C35H32N6O3/c1-21-12-11-13-24(18-21)36-33-35-38-34-30(22(2)39-41(34)25-14-7-6-8-15-25)31(40(35)27-17-10-9-16-26(27)37-33)23-19-28(42-3)32(44-5)29(20-23)43-4/h6-20,31H,1-5H3,(H,36,37)/t31-/m1/s1. The number of aromatic nitrogens is 2. The number of para-hydroxylation sites is 3. The van der Waals surface area contributed by atoms with Crippen molar-refractivity contribution in [3.05, 3.63) is 113 Å². The van der Waals surface area contributed by atoms with Gasteiger partial charge in [0.15, 0.2) is 29.0 Å². The second-order valence-corrected chi connectivity index (χ2v) is 10.7. The number of amidine groups is 2. The van der Waals surface area contributed by atoms with Crippen molar-refractivity contribution in [1.29, 1.82) is 0 Å². The lowest BCUT2D eigenvalue weighted by atomic mass is 9.92. The van der Waals surface area contributed by atoms with Gasteiger partial charge in [0, 0.05) is 11.3 Å². The molecule has 9 nitrogen and oxygen atoms in total. The molecule has 1 atom stereocenters. The highest BCUT2D eigenvalue weighted by molar-refractivity contribution is 6.51. The molecule has 2 aliphatic rings. The van der Waals surface area contributed by atoms with Gasteiger partial charge in [-0.2, -0.15) is 5.10 Å². The van der Waals surface area contributed by atoms with Crippen LogP contribution in [0.1, 0.15) is 28.4 Å². The Morgan fingerprint density at radius 3 is 2.18 bits per heavy atom. The van der Waals surface area contributed by atoms with Gasteiger partial charge in [0.05, 0.1) is 50.1 Å². The molecule has 0 radical (unpaired) electrons. The molecule has 44 heavy (non-hydrogen) atoms. The van der Waals surface area contributed by atoms with Crippen LogP contribution in [0, 0.1) is 13.8 Å². The number of ether oxygens (including phenoxy) is 3. The van der Waals surface area contributed by atoms with Gasteiger partial charge in [-0.3, -0.25) is 0 Å². The van der Waals surface area contributed by atoms with Crippen molar-refractivity contribution in [2.45, 2.75) is 19.9 Å². The molecule has 220 valence electrons. The van der Waals surface area contributed by atoms with E-state index in [9.17, 15) is 0 Å². The van der Waals surface area contributed by atoms with E-state index in [-0.39, 0.29) is 6.04 Å². The Balaban J connectivity index is 1.52. The molecule has 7 rings (SSSR count). The average molecular weight is 585 g/mol. The molecule has 1 aromatic heterocycles. The molecule has 0 saturated carbocycles. The van der Waals surface area contributed by atoms with Crippen LogP contribution in [0.15, 0.2) is 101 Å². The van der Waals surface area contributed by atoms with E-state index >= 15 is 0 Å². The molecule has 0 saturated heterocycles. The summed E-state index contributed by atoms with van der Waals surface area (Å²) in [7, 11) is 4.87. The number of anilines is 2. The van der Waals surface area contributed by atoms with Crippen LogP contribution < -0.4 is 24.4 Å². The first-order valence-electron chi connectivity index (χ1n) is 14.3. The topological polar surface area (TPSA) is 85.5 Å². The number of rotatable bonds is 6. The number of methoxy groups -OCH3 is 3. The van der Waals surface area contributed by atoms with Crippen molar-refractivity contribution < 1.29 is 14.2 Å². The summed E-state index contributed by atoms with van der Waals surface area (Å²) < 4.78 is 19.2. The lowest BCUT2D eigenvalue weighted by Crippen LogP contribution is -2.46. The van der Waals surface area contributed by atoms with Gasteiger partial charge in [-0.05, 0) is 73.5 Å². The van der Waals surface area contributed by atoms with Crippen LogP contribution in [-0.2, 0) is 0 Å². The highest BCUT2D eigenvalue weighted by Gasteiger charge is 2.42. The number of benzene rings is 4. The first-order chi connectivity index (χ1) is 21.5. The Morgan fingerprint density at radius 2 is 1.48 bits per heavy atom. The Bertz CT molecular complexity index is 1920. The predicted octanol–water partition coefficient (Wildman–Crippen LogP) is 7.31. The van der Waals surface area contributed by atoms with Crippen LogP contribution in [0.25, 0.3) is 5.69 Å². The molecular formula is C35H32N6O3. The number of aliphatic imine (C=N–C) groups is 2. The highest BCUT2D eigenvalue weighted by atomic mass is 16.5. The molecule has 0 unspecified atom stereocenters. The minimum Gasteiger partial charge on any atom is -0.493 e. The Morgan fingerprint density at radius 1 is 0.750 bits per heavy atom. The number of hydrogen-bond donors (Lipinski definition) is 1. The predicted molar refractivity (Wildman–Crippen MR) is 174 cm³/mol. The molecular weight excluding hydrogens is 552 g/mol. The van der Waals surface area contributed by atoms with Gasteiger partial charge in [-0.25, -0.2) is 14.7 Å². The molecule has 3 heterocycles. The van der Waals surface area contributed by atoms with Crippen molar-refractivity contribution in [3.8, 4) is 22.9 Å². The van der Waals surface area contributed by atoms with Gasteiger partial charge in [0.2, 0.25) is 5.75 Å². The maximum absolute atomic E-state index is 5.81. The number of nitrogens with one attached hydrogen (secondary N) is 1. The molecule has 0 amide bonds. The number of hydrogen-bond acceptors (Lipinski definition) is 8. The number of nitrogens with zero attached hydrogens (tertiary/aromatic N) is 5. The van der Waals surface area contributed by atoms with Crippen LogP contribution in [0.4, 0.5) is 22.9 Å². The van der Waals surface area contributed by atoms with E-state index in [4.69, 9.17) is 29.3 Å². The fourth-order valence-corrected chi connectivity index (χ4v) is 5.98. The quantitative estimate of drug-likeness (QED) is 0.225. The first kappa shape index (κ1) is 27.3. The Hall–Kier alpha value is -5.57. The summed E-state index contributed by atoms with van der Waals surface area (Å²) >= 11 is 0. The largest absolute Gasteiger partial charge is 0.493 e. The molecule has 1 N–H and O–H groups in total. The van der Waals surface area contributed by atoms with E-state index in [0.717, 1.165) is 51.0 Å². The zero-order valence-corrected chi connectivity index (χ0v) is 25.2. The maximum Gasteiger partial charge on any atom is 0.203 e. The molecule has 0 bridgehead atoms. The van der Waals surface area contributed by atoms with Crippen LogP contribution in [0.5, 0.6) is 17.2 Å². The molecule has 0 spiro atoms. The molecule has 4 aromatic carbocycles. The molecule has 9 heteroatoms. The van der Waals surface area contributed by atoms with Gasteiger partial charge in [-0.15, -0.1) is 0 Å². The molecule has 5 aromatic rings. The Kier molecular flexibility index (Phi) is 6.77. The summed E-state index contributed by atoms with van der Waals surface area (Å²) in [5.41, 5.74) is 7.50. The third-order valence-electron chi connectivity index (χ3n) is 7.92. The van der Waals surface area contributed by atoms with Gasteiger partial charge in [0.1, 0.15) is 0 Å². The SMILES string of the molecule is COc1cc([C@@H]2c3c(C)nn(-c4ccccc4)c3N=C3C(Nc4cccc(C)c4)=Nc4ccccc4N32)cc(OC)c1OC. The monoisotopic (exact) mass is 584 g/mol.